The van der Waals surface area contributed by atoms with Crippen molar-refractivity contribution >= 4 is 38.2 Å². The third kappa shape index (κ3) is 4.26. The number of sulfonamides is 1. The van der Waals surface area contributed by atoms with Crippen molar-refractivity contribution in [2.75, 3.05) is 18.1 Å². The minimum absolute atomic E-state index is 0.338. The van der Waals surface area contributed by atoms with E-state index in [1.54, 1.807) is 13.8 Å². The summed E-state index contributed by atoms with van der Waals surface area (Å²) in [6.45, 7) is 3.93. The predicted octanol–water partition coefficient (Wildman–Crippen LogP) is 2.02. The summed E-state index contributed by atoms with van der Waals surface area (Å²) in [5.41, 5.74) is -0.657. The lowest BCUT2D eigenvalue weighted by atomic mass is 10.1. The fourth-order valence-electron chi connectivity index (χ4n) is 2.04. The van der Waals surface area contributed by atoms with Gasteiger partial charge in [0.2, 0.25) is 10.0 Å². The lowest BCUT2D eigenvalue weighted by Gasteiger charge is -2.25. The molecule has 0 atom stereocenters. The van der Waals surface area contributed by atoms with Crippen molar-refractivity contribution in [3.05, 3.63) is 29.4 Å². The van der Waals surface area contributed by atoms with E-state index in [2.05, 4.69) is 20.2 Å². The standard InChI is InChI=1S/C13H17ClN4O2S/c1-13(2,18-21(3,19)20)8-15-12-10-7-5-4-6-9(10)11(14)16-17-12/h4-7,18H,8H2,1-3H3,(H,15,17). The van der Waals surface area contributed by atoms with Crippen LogP contribution in [0.25, 0.3) is 10.8 Å². The summed E-state index contributed by atoms with van der Waals surface area (Å²) in [5, 5.41) is 13.0. The zero-order valence-corrected chi connectivity index (χ0v) is 13.6. The molecule has 21 heavy (non-hydrogen) atoms. The van der Waals surface area contributed by atoms with Gasteiger partial charge in [-0.15, -0.1) is 10.2 Å². The highest BCUT2D eigenvalue weighted by Crippen LogP contribution is 2.25. The summed E-state index contributed by atoms with van der Waals surface area (Å²) in [5.74, 6) is 0.568. The Labute approximate surface area is 129 Å². The third-order valence-corrected chi connectivity index (χ3v) is 4.00. The van der Waals surface area contributed by atoms with Crippen LogP contribution in [0.3, 0.4) is 0 Å². The van der Waals surface area contributed by atoms with E-state index in [1.165, 1.54) is 0 Å². The van der Waals surface area contributed by atoms with Gasteiger partial charge in [-0.2, -0.15) is 0 Å². The first-order chi connectivity index (χ1) is 9.68. The number of aromatic nitrogens is 2. The van der Waals surface area contributed by atoms with Crippen LogP contribution in [-0.4, -0.2) is 37.0 Å². The summed E-state index contributed by atoms with van der Waals surface area (Å²) in [4.78, 5) is 0. The van der Waals surface area contributed by atoms with Crippen LogP contribution in [0, 0.1) is 0 Å². The number of anilines is 1. The van der Waals surface area contributed by atoms with E-state index in [4.69, 9.17) is 11.6 Å². The fraction of sp³-hybridized carbons (Fsp3) is 0.385. The molecule has 1 heterocycles. The van der Waals surface area contributed by atoms with Crippen molar-refractivity contribution in [1.29, 1.82) is 0 Å². The average molecular weight is 329 g/mol. The van der Waals surface area contributed by atoms with Crippen molar-refractivity contribution in [3.8, 4) is 0 Å². The first-order valence-electron chi connectivity index (χ1n) is 6.32. The van der Waals surface area contributed by atoms with Crippen LogP contribution in [0.2, 0.25) is 5.15 Å². The Kier molecular flexibility index (Phi) is 4.36. The molecule has 0 unspecified atom stereocenters. The summed E-state index contributed by atoms with van der Waals surface area (Å²) in [7, 11) is -3.28. The van der Waals surface area contributed by atoms with Gasteiger partial charge in [0.15, 0.2) is 11.0 Å². The summed E-state index contributed by atoms with van der Waals surface area (Å²) < 4.78 is 25.2. The molecular formula is C13H17ClN4O2S. The van der Waals surface area contributed by atoms with Gasteiger partial charge in [0.25, 0.3) is 0 Å². The van der Waals surface area contributed by atoms with Crippen molar-refractivity contribution in [1.82, 2.24) is 14.9 Å². The van der Waals surface area contributed by atoms with Crippen LogP contribution < -0.4 is 10.0 Å². The second kappa shape index (κ2) is 5.75. The van der Waals surface area contributed by atoms with Crippen molar-refractivity contribution in [2.24, 2.45) is 0 Å². The minimum Gasteiger partial charge on any atom is -0.366 e. The predicted molar refractivity (Wildman–Crippen MR) is 85.1 cm³/mol. The van der Waals surface area contributed by atoms with E-state index in [0.29, 0.717) is 17.5 Å². The van der Waals surface area contributed by atoms with Gasteiger partial charge in [-0.1, -0.05) is 35.9 Å². The van der Waals surface area contributed by atoms with Gasteiger partial charge >= 0.3 is 0 Å². The quantitative estimate of drug-likeness (QED) is 0.877. The molecule has 0 aliphatic heterocycles. The molecule has 0 aliphatic carbocycles. The molecule has 0 saturated heterocycles. The second-order valence-corrected chi connectivity index (χ2v) is 7.60. The highest BCUT2D eigenvalue weighted by atomic mass is 35.5. The largest absolute Gasteiger partial charge is 0.366 e. The van der Waals surface area contributed by atoms with E-state index in [9.17, 15) is 8.42 Å². The molecular weight excluding hydrogens is 312 g/mol. The second-order valence-electron chi connectivity index (χ2n) is 5.50. The smallest absolute Gasteiger partial charge is 0.209 e. The van der Waals surface area contributed by atoms with E-state index in [0.717, 1.165) is 17.0 Å². The minimum atomic E-state index is -3.28. The summed E-state index contributed by atoms with van der Waals surface area (Å²) in [6, 6.07) is 7.49. The molecule has 0 bridgehead atoms. The van der Waals surface area contributed by atoms with E-state index >= 15 is 0 Å². The maximum Gasteiger partial charge on any atom is 0.209 e. The highest BCUT2D eigenvalue weighted by Gasteiger charge is 2.22. The van der Waals surface area contributed by atoms with Crippen LogP contribution in [0.1, 0.15) is 13.8 Å². The van der Waals surface area contributed by atoms with Gasteiger partial charge in [0, 0.05) is 22.9 Å². The Morgan fingerprint density at radius 1 is 1.19 bits per heavy atom. The van der Waals surface area contributed by atoms with E-state index in [1.807, 2.05) is 24.3 Å². The topological polar surface area (TPSA) is 84.0 Å². The fourth-order valence-corrected chi connectivity index (χ4v) is 3.32. The van der Waals surface area contributed by atoms with Gasteiger partial charge in [-0.05, 0) is 13.8 Å². The number of rotatable bonds is 5. The third-order valence-electron chi connectivity index (χ3n) is 2.80. The number of benzene rings is 1. The SMILES string of the molecule is CC(C)(CNc1nnc(Cl)c2ccccc12)NS(C)(=O)=O. The van der Waals surface area contributed by atoms with Crippen LogP contribution in [0.15, 0.2) is 24.3 Å². The van der Waals surface area contributed by atoms with Gasteiger partial charge < -0.3 is 5.32 Å². The molecule has 0 fully saturated rings. The van der Waals surface area contributed by atoms with Crippen molar-refractivity contribution in [3.63, 3.8) is 0 Å². The molecule has 0 aliphatic rings. The molecule has 2 aromatic rings. The number of nitrogens with zero attached hydrogens (tertiary/aromatic N) is 2. The van der Waals surface area contributed by atoms with Crippen LogP contribution in [-0.2, 0) is 10.0 Å². The van der Waals surface area contributed by atoms with Gasteiger partial charge in [0.1, 0.15) is 0 Å². The maximum atomic E-state index is 11.3. The van der Waals surface area contributed by atoms with Crippen LogP contribution >= 0.6 is 11.6 Å². The van der Waals surface area contributed by atoms with Crippen molar-refractivity contribution in [2.45, 2.75) is 19.4 Å². The molecule has 1 aromatic heterocycles. The van der Waals surface area contributed by atoms with Crippen LogP contribution in [0.4, 0.5) is 5.82 Å². The number of halogens is 1. The van der Waals surface area contributed by atoms with Crippen molar-refractivity contribution < 1.29 is 8.42 Å². The lowest BCUT2D eigenvalue weighted by molar-refractivity contribution is 0.476. The number of hydrogen-bond acceptors (Lipinski definition) is 5. The molecule has 2 rings (SSSR count). The molecule has 2 N–H and O–H groups in total. The average Bonchev–Trinajstić information content (AvgIpc) is 2.35. The number of hydrogen-bond donors (Lipinski definition) is 2. The number of nitrogens with one attached hydrogen (secondary N) is 2. The zero-order chi connectivity index (χ0) is 15.7. The molecule has 0 saturated carbocycles. The Morgan fingerprint density at radius 2 is 1.81 bits per heavy atom. The molecule has 1 aromatic carbocycles. The van der Waals surface area contributed by atoms with Gasteiger partial charge in [-0.3, -0.25) is 0 Å². The molecule has 0 spiro atoms. The first-order valence-corrected chi connectivity index (χ1v) is 8.59. The maximum absolute atomic E-state index is 11.3. The van der Waals surface area contributed by atoms with Gasteiger partial charge in [0.05, 0.1) is 6.26 Å². The van der Waals surface area contributed by atoms with E-state index in [-0.39, 0.29) is 0 Å². The molecule has 6 nitrogen and oxygen atoms in total. The Balaban J connectivity index is 2.23. The molecule has 114 valence electrons. The monoisotopic (exact) mass is 328 g/mol. The Hall–Kier alpha value is -1.44. The number of fused-ring (bicyclic) bond motifs is 1. The Morgan fingerprint density at radius 3 is 2.43 bits per heavy atom. The molecule has 0 amide bonds. The Bertz CT molecular complexity index is 762. The van der Waals surface area contributed by atoms with Crippen LogP contribution in [0.5, 0.6) is 0 Å². The van der Waals surface area contributed by atoms with Gasteiger partial charge in [-0.25, -0.2) is 13.1 Å². The zero-order valence-electron chi connectivity index (χ0n) is 12.0. The first kappa shape index (κ1) is 15.9. The molecule has 0 radical (unpaired) electrons. The normalized spacial score (nSPS) is 12.6. The molecule has 8 heteroatoms. The van der Waals surface area contributed by atoms with E-state index < -0.39 is 15.6 Å². The lowest BCUT2D eigenvalue weighted by Crippen LogP contribution is -2.47. The highest BCUT2D eigenvalue weighted by molar-refractivity contribution is 7.88. The summed E-state index contributed by atoms with van der Waals surface area (Å²) in [6.07, 6.45) is 1.13. The summed E-state index contributed by atoms with van der Waals surface area (Å²) >= 11 is 6.01.